The molecule has 2 aromatic carbocycles. The van der Waals surface area contributed by atoms with E-state index in [0.717, 1.165) is 22.3 Å². The van der Waals surface area contributed by atoms with Crippen LogP contribution in [0.25, 0.3) is 0 Å². The standard InChI is InChI=1S/C20H24O/c1-13-11-14(2)18(15(3)12-13)19(21)16-7-9-17(10-8-16)20(4,5)6/h7-12H,1-6H3. The largest absolute Gasteiger partial charge is 0.289 e. The van der Waals surface area contributed by atoms with Gasteiger partial charge in [-0.25, -0.2) is 0 Å². The molecule has 0 amide bonds. The third-order valence-corrected chi connectivity index (χ3v) is 3.92. The van der Waals surface area contributed by atoms with Crippen LogP contribution in [0, 0.1) is 20.8 Å². The van der Waals surface area contributed by atoms with Crippen LogP contribution in [-0.2, 0) is 5.41 Å². The number of ketones is 1. The molecule has 0 atom stereocenters. The van der Waals surface area contributed by atoms with E-state index < -0.39 is 0 Å². The lowest BCUT2D eigenvalue weighted by Crippen LogP contribution is -2.12. The Labute approximate surface area is 128 Å². The normalized spacial score (nSPS) is 11.5. The molecule has 0 N–H and O–H groups in total. The Kier molecular flexibility index (Phi) is 4.04. The van der Waals surface area contributed by atoms with E-state index in [4.69, 9.17) is 0 Å². The topological polar surface area (TPSA) is 17.1 Å². The highest BCUT2D eigenvalue weighted by Crippen LogP contribution is 2.24. The lowest BCUT2D eigenvalue weighted by atomic mass is 9.85. The van der Waals surface area contributed by atoms with E-state index in [2.05, 4.69) is 52.0 Å². The first-order valence-electron chi connectivity index (χ1n) is 7.43. The zero-order valence-corrected chi connectivity index (χ0v) is 13.9. The summed E-state index contributed by atoms with van der Waals surface area (Å²) in [5.74, 6) is 0.116. The highest BCUT2D eigenvalue weighted by atomic mass is 16.1. The monoisotopic (exact) mass is 280 g/mol. The molecule has 0 unspecified atom stereocenters. The average Bonchev–Trinajstić information content (AvgIpc) is 2.36. The molecule has 0 heterocycles. The van der Waals surface area contributed by atoms with Crippen molar-refractivity contribution in [3.05, 3.63) is 69.8 Å². The molecule has 0 aliphatic heterocycles. The summed E-state index contributed by atoms with van der Waals surface area (Å²) in [6.45, 7) is 12.6. The van der Waals surface area contributed by atoms with E-state index in [1.807, 2.05) is 26.0 Å². The minimum Gasteiger partial charge on any atom is -0.289 e. The minimum atomic E-state index is 0.108. The van der Waals surface area contributed by atoms with Crippen LogP contribution in [0.3, 0.4) is 0 Å². The van der Waals surface area contributed by atoms with Gasteiger partial charge >= 0.3 is 0 Å². The molecule has 0 bridgehead atoms. The Morgan fingerprint density at radius 2 is 1.33 bits per heavy atom. The van der Waals surface area contributed by atoms with Crippen LogP contribution >= 0.6 is 0 Å². The minimum absolute atomic E-state index is 0.108. The summed E-state index contributed by atoms with van der Waals surface area (Å²) in [6, 6.07) is 12.2. The summed E-state index contributed by atoms with van der Waals surface area (Å²) in [5, 5.41) is 0. The smallest absolute Gasteiger partial charge is 0.193 e. The van der Waals surface area contributed by atoms with Gasteiger partial charge in [0.05, 0.1) is 0 Å². The summed E-state index contributed by atoms with van der Waals surface area (Å²) in [6.07, 6.45) is 0. The van der Waals surface area contributed by atoms with Crippen molar-refractivity contribution < 1.29 is 4.79 Å². The molecule has 2 aromatic rings. The van der Waals surface area contributed by atoms with Crippen molar-refractivity contribution in [1.82, 2.24) is 0 Å². The quantitative estimate of drug-likeness (QED) is 0.696. The Balaban J connectivity index is 2.42. The Morgan fingerprint density at radius 3 is 1.76 bits per heavy atom. The lowest BCUT2D eigenvalue weighted by Gasteiger charge is -2.19. The van der Waals surface area contributed by atoms with Crippen LogP contribution in [-0.4, -0.2) is 5.78 Å². The maximum absolute atomic E-state index is 12.8. The van der Waals surface area contributed by atoms with E-state index in [1.165, 1.54) is 11.1 Å². The van der Waals surface area contributed by atoms with Crippen molar-refractivity contribution in [3.8, 4) is 0 Å². The van der Waals surface area contributed by atoms with Crippen LogP contribution < -0.4 is 0 Å². The van der Waals surface area contributed by atoms with Gasteiger partial charge in [0.1, 0.15) is 0 Å². The van der Waals surface area contributed by atoms with Gasteiger partial charge in [-0.3, -0.25) is 4.79 Å². The van der Waals surface area contributed by atoms with Gasteiger partial charge in [-0.1, -0.05) is 62.7 Å². The van der Waals surface area contributed by atoms with E-state index in [0.29, 0.717) is 0 Å². The zero-order valence-electron chi connectivity index (χ0n) is 13.9. The van der Waals surface area contributed by atoms with Crippen LogP contribution in [0.1, 0.15) is 58.9 Å². The first kappa shape index (κ1) is 15.5. The van der Waals surface area contributed by atoms with Crippen molar-refractivity contribution in [1.29, 1.82) is 0 Å². The van der Waals surface area contributed by atoms with E-state index in [-0.39, 0.29) is 11.2 Å². The van der Waals surface area contributed by atoms with Crippen molar-refractivity contribution in [2.75, 3.05) is 0 Å². The van der Waals surface area contributed by atoms with Crippen LogP contribution in [0.2, 0.25) is 0 Å². The summed E-state index contributed by atoms with van der Waals surface area (Å²) in [7, 11) is 0. The van der Waals surface area contributed by atoms with Crippen LogP contribution in [0.4, 0.5) is 0 Å². The van der Waals surface area contributed by atoms with E-state index in [9.17, 15) is 4.79 Å². The van der Waals surface area contributed by atoms with Gasteiger partial charge in [0.2, 0.25) is 0 Å². The highest BCUT2D eigenvalue weighted by Gasteiger charge is 2.17. The van der Waals surface area contributed by atoms with Crippen LogP contribution in [0.5, 0.6) is 0 Å². The molecule has 0 fully saturated rings. The summed E-state index contributed by atoms with van der Waals surface area (Å²) >= 11 is 0. The zero-order chi connectivity index (χ0) is 15.8. The number of carbonyl (C=O) groups excluding carboxylic acids is 1. The van der Waals surface area contributed by atoms with Gasteiger partial charge in [0.15, 0.2) is 5.78 Å². The van der Waals surface area contributed by atoms with Gasteiger partial charge in [-0.2, -0.15) is 0 Å². The number of carbonyl (C=O) groups is 1. The molecule has 0 aromatic heterocycles. The highest BCUT2D eigenvalue weighted by molar-refractivity contribution is 6.10. The molecule has 0 spiro atoms. The van der Waals surface area contributed by atoms with Gasteiger partial charge in [-0.15, -0.1) is 0 Å². The molecule has 21 heavy (non-hydrogen) atoms. The molecule has 0 aliphatic carbocycles. The molecule has 0 radical (unpaired) electrons. The Bertz CT molecular complexity index is 647. The molecule has 1 nitrogen and oxygen atoms in total. The molecular formula is C20H24O. The Hall–Kier alpha value is -1.89. The van der Waals surface area contributed by atoms with Crippen molar-refractivity contribution in [2.45, 2.75) is 47.0 Å². The van der Waals surface area contributed by atoms with Crippen molar-refractivity contribution >= 4 is 5.78 Å². The average molecular weight is 280 g/mol. The predicted octanol–water partition coefficient (Wildman–Crippen LogP) is 5.14. The Morgan fingerprint density at radius 1 is 0.857 bits per heavy atom. The summed E-state index contributed by atoms with van der Waals surface area (Å²) in [5.41, 5.74) is 6.26. The number of hydrogen-bond acceptors (Lipinski definition) is 1. The van der Waals surface area contributed by atoms with E-state index >= 15 is 0 Å². The number of aryl methyl sites for hydroxylation is 3. The number of rotatable bonds is 2. The van der Waals surface area contributed by atoms with Crippen molar-refractivity contribution in [3.63, 3.8) is 0 Å². The fraction of sp³-hybridized carbons (Fsp3) is 0.350. The fourth-order valence-electron chi connectivity index (χ4n) is 2.80. The number of hydrogen-bond donors (Lipinski definition) is 0. The predicted molar refractivity (Wildman–Crippen MR) is 89.2 cm³/mol. The molecule has 0 saturated carbocycles. The maximum atomic E-state index is 12.8. The fourth-order valence-corrected chi connectivity index (χ4v) is 2.80. The molecule has 110 valence electrons. The van der Waals surface area contributed by atoms with Gasteiger partial charge in [0, 0.05) is 11.1 Å². The molecule has 1 heteroatoms. The molecular weight excluding hydrogens is 256 g/mol. The second-order valence-corrected chi connectivity index (χ2v) is 6.93. The second kappa shape index (κ2) is 5.48. The second-order valence-electron chi connectivity index (χ2n) is 6.93. The first-order valence-corrected chi connectivity index (χ1v) is 7.43. The molecule has 0 saturated heterocycles. The van der Waals surface area contributed by atoms with Gasteiger partial charge < -0.3 is 0 Å². The lowest BCUT2D eigenvalue weighted by molar-refractivity contribution is 0.103. The molecule has 2 rings (SSSR count). The van der Waals surface area contributed by atoms with Gasteiger partial charge in [-0.05, 0) is 42.9 Å². The SMILES string of the molecule is Cc1cc(C)c(C(=O)c2ccc(C(C)(C)C)cc2)c(C)c1. The summed E-state index contributed by atoms with van der Waals surface area (Å²) < 4.78 is 0. The van der Waals surface area contributed by atoms with Gasteiger partial charge in [0.25, 0.3) is 0 Å². The maximum Gasteiger partial charge on any atom is 0.193 e. The molecule has 0 aliphatic rings. The van der Waals surface area contributed by atoms with Crippen molar-refractivity contribution in [2.24, 2.45) is 0 Å². The first-order chi connectivity index (χ1) is 9.70. The van der Waals surface area contributed by atoms with E-state index in [1.54, 1.807) is 0 Å². The van der Waals surface area contributed by atoms with Crippen LogP contribution in [0.15, 0.2) is 36.4 Å². The third kappa shape index (κ3) is 3.24. The third-order valence-electron chi connectivity index (χ3n) is 3.92. The number of benzene rings is 2. The summed E-state index contributed by atoms with van der Waals surface area (Å²) in [4.78, 5) is 12.8.